The van der Waals surface area contributed by atoms with E-state index in [-0.39, 0.29) is 18.0 Å². The Kier molecular flexibility index (Phi) is 12.7. The number of nitrogens with zero attached hydrogens (tertiary/aromatic N) is 6. The summed E-state index contributed by atoms with van der Waals surface area (Å²) in [6, 6.07) is 43.1. The minimum atomic E-state index is -1.39. The zero-order valence-electron chi connectivity index (χ0n) is 26.1. The Bertz CT molecular complexity index is 2340. The highest BCUT2D eigenvalue weighted by molar-refractivity contribution is 6.58. The number of hydrogen-bond donors (Lipinski definition) is 2. The second kappa shape index (κ2) is 17.6. The van der Waals surface area contributed by atoms with Crippen molar-refractivity contribution >= 4 is 69.5 Å². The lowest BCUT2D eigenvalue weighted by atomic mass is 9.80. The van der Waals surface area contributed by atoms with E-state index in [1.54, 1.807) is 36.7 Å². The fourth-order valence-corrected chi connectivity index (χ4v) is 5.59. The largest absolute Gasteiger partial charge is 0.488 e. The number of fused-ring (bicyclic) bond motifs is 2. The summed E-state index contributed by atoms with van der Waals surface area (Å²) in [4.78, 5) is 24.5. The zero-order chi connectivity index (χ0) is 34.9. The maximum Gasteiger partial charge on any atom is 0.488 e. The van der Waals surface area contributed by atoms with Crippen LogP contribution in [0.3, 0.4) is 0 Å². The molecule has 51 heavy (non-hydrogen) atoms. The van der Waals surface area contributed by atoms with Crippen LogP contribution in [0.25, 0.3) is 55.6 Å². The number of rotatable bonds is 4. The third kappa shape index (κ3) is 9.49. The summed E-state index contributed by atoms with van der Waals surface area (Å²) < 4.78 is 0. The van der Waals surface area contributed by atoms with E-state index in [4.69, 9.17) is 44.9 Å². The summed E-state index contributed by atoms with van der Waals surface area (Å²) in [5, 5.41) is 20.1. The van der Waals surface area contributed by atoms with E-state index in [9.17, 15) is 0 Å². The Labute approximate surface area is 310 Å². The molecule has 0 saturated carbocycles. The first kappa shape index (κ1) is 37.0. The van der Waals surface area contributed by atoms with Gasteiger partial charge in [0, 0.05) is 23.3 Å². The topological polar surface area (TPSA) is 118 Å². The Balaban J connectivity index is 0.000000156. The summed E-state index contributed by atoms with van der Waals surface area (Å²) in [6.45, 7) is 0. The van der Waals surface area contributed by atoms with E-state index >= 15 is 0 Å². The van der Waals surface area contributed by atoms with E-state index in [1.165, 1.54) is 5.56 Å². The van der Waals surface area contributed by atoms with Crippen LogP contribution in [0.2, 0.25) is 15.7 Å². The predicted molar refractivity (Wildman–Crippen MR) is 209 cm³/mol. The van der Waals surface area contributed by atoms with E-state index in [0.29, 0.717) is 27.3 Å². The summed E-state index contributed by atoms with van der Waals surface area (Å²) in [7, 11) is -1.39. The molecule has 0 aliphatic heterocycles. The highest BCUT2D eigenvalue weighted by Gasteiger charge is 2.11. The van der Waals surface area contributed by atoms with Crippen molar-refractivity contribution in [3.8, 4) is 33.5 Å². The fourth-order valence-electron chi connectivity index (χ4n) is 4.99. The molecular formula is C39H30BCl3N6O2. The lowest BCUT2D eigenvalue weighted by molar-refractivity contribution is 0.426. The van der Waals surface area contributed by atoms with Crippen molar-refractivity contribution in [2.75, 3.05) is 0 Å². The van der Waals surface area contributed by atoms with Crippen LogP contribution in [0.1, 0.15) is 7.43 Å². The summed E-state index contributed by atoms with van der Waals surface area (Å²) in [5.74, 6) is 0. The van der Waals surface area contributed by atoms with E-state index in [1.807, 2.05) is 84.9 Å². The van der Waals surface area contributed by atoms with Gasteiger partial charge in [0.25, 0.3) is 0 Å². The van der Waals surface area contributed by atoms with Gasteiger partial charge in [0.2, 0.25) is 10.6 Å². The van der Waals surface area contributed by atoms with Gasteiger partial charge >= 0.3 is 7.12 Å². The van der Waals surface area contributed by atoms with Crippen LogP contribution in [-0.2, 0) is 0 Å². The summed E-state index contributed by atoms with van der Waals surface area (Å²) in [6.07, 6.45) is 3.33. The van der Waals surface area contributed by atoms with Gasteiger partial charge in [-0.3, -0.25) is 0 Å². The number of pyridine rings is 2. The molecule has 4 aromatic heterocycles. The molecule has 0 fully saturated rings. The molecule has 0 saturated heterocycles. The van der Waals surface area contributed by atoms with Crippen LogP contribution >= 0.6 is 34.8 Å². The van der Waals surface area contributed by atoms with Crippen LogP contribution in [0.5, 0.6) is 0 Å². The van der Waals surface area contributed by atoms with Crippen molar-refractivity contribution in [2.45, 2.75) is 7.43 Å². The number of aromatic nitrogens is 6. The fraction of sp³-hybridized carbons (Fsp3) is 0.0256. The molecule has 0 amide bonds. The molecule has 0 spiro atoms. The molecule has 12 heteroatoms. The standard InChI is InChI=1S/C19H12ClN3.C12H11BO2.C7H3Cl2N3.CH4/c20-19-22-17(16-7-4-12-21-18(16)23-19)15-10-8-14(9-11-15)13-5-2-1-3-6-13;14-13(15)12-8-6-11(7-9-12)10-4-2-1-3-5-10;8-5-4-2-1-3-10-6(4)12-7(9)11-5;/h1-12H;1-9,14-15H;1-3H;1H4. The van der Waals surface area contributed by atoms with Gasteiger partial charge in [-0.25, -0.2) is 19.9 Å². The van der Waals surface area contributed by atoms with Gasteiger partial charge in [0.05, 0.1) is 11.1 Å². The Morgan fingerprint density at radius 1 is 0.431 bits per heavy atom. The highest BCUT2D eigenvalue weighted by Crippen LogP contribution is 2.29. The minimum absolute atomic E-state index is 0. The van der Waals surface area contributed by atoms with Crippen molar-refractivity contribution in [1.82, 2.24) is 29.9 Å². The number of halogens is 3. The van der Waals surface area contributed by atoms with Gasteiger partial charge < -0.3 is 10.0 Å². The van der Waals surface area contributed by atoms with Crippen molar-refractivity contribution in [2.24, 2.45) is 0 Å². The van der Waals surface area contributed by atoms with Crippen molar-refractivity contribution < 1.29 is 10.0 Å². The normalized spacial score (nSPS) is 10.3. The number of benzene rings is 4. The zero-order valence-corrected chi connectivity index (χ0v) is 28.4. The molecule has 4 aromatic carbocycles. The predicted octanol–water partition coefficient (Wildman–Crippen LogP) is 9.01. The molecule has 2 N–H and O–H groups in total. The monoisotopic (exact) mass is 730 g/mol. The van der Waals surface area contributed by atoms with Gasteiger partial charge in [-0.1, -0.05) is 128 Å². The Hall–Kier alpha value is -5.29. The van der Waals surface area contributed by atoms with Gasteiger partial charge in [0.1, 0.15) is 5.15 Å². The van der Waals surface area contributed by atoms with E-state index < -0.39 is 7.12 Å². The molecule has 252 valence electrons. The molecule has 0 bridgehead atoms. The quantitative estimate of drug-likeness (QED) is 0.105. The van der Waals surface area contributed by atoms with Gasteiger partial charge in [-0.15, -0.1) is 0 Å². The second-order valence-electron chi connectivity index (χ2n) is 10.7. The van der Waals surface area contributed by atoms with Gasteiger partial charge in [-0.05, 0) is 75.2 Å². The maximum absolute atomic E-state index is 8.94. The van der Waals surface area contributed by atoms with Crippen LogP contribution in [-0.4, -0.2) is 47.1 Å². The average molecular weight is 732 g/mol. The lowest BCUT2D eigenvalue weighted by Crippen LogP contribution is -2.29. The average Bonchev–Trinajstić information content (AvgIpc) is 3.16. The lowest BCUT2D eigenvalue weighted by Gasteiger charge is -2.07. The van der Waals surface area contributed by atoms with Crippen LogP contribution in [0.15, 0.2) is 146 Å². The van der Waals surface area contributed by atoms with Crippen LogP contribution < -0.4 is 5.46 Å². The first-order valence-electron chi connectivity index (χ1n) is 15.2. The molecule has 0 atom stereocenters. The van der Waals surface area contributed by atoms with Crippen molar-refractivity contribution in [3.63, 3.8) is 0 Å². The summed E-state index contributed by atoms with van der Waals surface area (Å²) in [5.41, 5.74) is 7.96. The molecular weight excluding hydrogens is 702 g/mol. The molecule has 8 nitrogen and oxygen atoms in total. The SMILES string of the molecule is C.Clc1nc(-c2ccc(-c3ccccc3)cc2)c2cccnc2n1.Clc1nc(Cl)c2cccnc2n1.OB(O)c1ccc(-c2ccccc2)cc1. The van der Waals surface area contributed by atoms with Crippen molar-refractivity contribution in [1.29, 1.82) is 0 Å². The third-order valence-electron chi connectivity index (χ3n) is 7.42. The molecule has 4 heterocycles. The highest BCUT2D eigenvalue weighted by atomic mass is 35.5. The molecule has 8 rings (SSSR count). The van der Waals surface area contributed by atoms with E-state index in [0.717, 1.165) is 33.3 Å². The molecule has 0 unspecified atom stereocenters. The minimum Gasteiger partial charge on any atom is -0.423 e. The first-order chi connectivity index (χ1) is 24.4. The third-order valence-corrected chi connectivity index (χ3v) is 8.05. The first-order valence-corrected chi connectivity index (χ1v) is 16.4. The summed E-state index contributed by atoms with van der Waals surface area (Å²) >= 11 is 17.4. The van der Waals surface area contributed by atoms with Crippen molar-refractivity contribution in [3.05, 3.63) is 162 Å². The van der Waals surface area contributed by atoms with Crippen LogP contribution in [0, 0.1) is 0 Å². The molecule has 0 aliphatic carbocycles. The Morgan fingerprint density at radius 3 is 1.39 bits per heavy atom. The molecule has 0 radical (unpaired) electrons. The molecule has 0 aliphatic rings. The van der Waals surface area contributed by atoms with Gasteiger partial charge in [0.15, 0.2) is 11.3 Å². The maximum atomic E-state index is 8.94. The second-order valence-corrected chi connectivity index (χ2v) is 11.7. The number of hydrogen-bond acceptors (Lipinski definition) is 8. The Morgan fingerprint density at radius 2 is 0.863 bits per heavy atom. The smallest absolute Gasteiger partial charge is 0.423 e. The van der Waals surface area contributed by atoms with Gasteiger partial charge in [-0.2, -0.15) is 9.97 Å². The molecule has 8 aromatic rings. The van der Waals surface area contributed by atoms with E-state index in [2.05, 4.69) is 54.2 Å². The van der Waals surface area contributed by atoms with Crippen LogP contribution in [0.4, 0.5) is 0 Å².